The molecule has 0 fully saturated rings. The molecule has 68 valence electrons. The average Bonchev–Trinajstić information content (AvgIpc) is 2.59. The van der Waals surface area contributed by atoms with E-state index < -0.39 is 0 Å². The number of halogens is 4. The van der Waals surface area contributed by atoms with E-state index in [9.17, 15) is 0 Å². The third-order valence-corrected chi connectivity index (χ3v) is 3.68. The van der Waals surface area contributed by atoms with Crippen LogP contribution in [0.3, 0.4) is 0 Å². The van der Waals surface area contributed by atoms with Crippen molar-refractivity contribution in [1.82, 2.24) is 0 Å². The summed E-state index contributed by atoms with van der Waals surface area (Å²) >= 11 is 23.6. The van der Waals surface area contributed by atoms with Crippen molar-refractivity contribution in [1.29, 1.82) is 0 Å². The first-order valence-electron chi connectivity index (χ1n) is 3.50. The fourth-order valence-electron chi connectivity index (χ4n) is 1.21. The van der Waals surface area contributed by atoms with Crippen molar-refractivity contribution in [3.63, 3.8) is 0 Å². The average molecular weight is 255 g/mol. The lowest BCUT2D eigenvalue weighted by atomic mass is 10.1. The molecule has 2 rings (SSSR count). The van der Waals surface area contributed by atoms with Gasteiger partial charge in [0.05, 0.1) is 25.8 Å². The second kappa shape index (κ2) is 3.32. The van der Waals surface area contributed by atoms with Gasteiger partial charge in [0, 0.05) is 18.2 Å². The molecule has 0 saturated heterocycles. The lowest BCUT2D eigenvalue weighted by Crippen LogP contribution is -1.85. The minimum absolute atomic E-state index is 0.270. The van der Waals surface area contributed by atoms with E-state index in [0.717, 1.165) is 5.56 Å². The van der Waals surface area contributed by atoms with Gasteiger partial charge in [0.15, 0.2) is 0 Å². The first-order chi connectivity index (χ1) is 6.13. The summed E-state index contributed by atoms with van der Waals surface area (Å²) in [5.41, 5.74) is 1.49. The summed E-state index contributed by atoms with van der Waals surface area (Å²) in [5.74, 6) is 0. The van der Waals surface area contributed by atoms with Gasteiger partial charge >= 0.3 is 0 Å². The summed E-state index contributed by atoms with van der Waals surface area (Å²) in [7, 11) is 0. The molecule has 0 bridgehead atoms. The molecule has 5 heteroatoms. The van der Waals surface area contributed by atoms with Crippen molar-refractivity contribution in [2.45, 2.75) is 6.42 Å². The van der Waals surface area contributed by atoms with Crippen LogP contribution in [-0.2, 0) is 6.42 Å². The summed E-state index contributed by atoms with van der Waals surface area (Å²) in [6, 6.07) is 0. The lowest BCUT2D eigenvalue weighted by Gasteiger charge is -2.07. The van der Waals surface area contributed by atoms with Gasteiger partial charge in [-0.25, -0.2) is 0 Å². The molecule has 0 N–H and O–H groups in total. The van der Waals surface area contributed by atoms with Crippen LogP contribution in [-0.4, -0.2) is 6.21 Å². The van der Waals surface area contributed by atoms with Crippen molar-refractivity contribution in [3.05, 3.63) is 25.7 Å². The van der Waals surface area contributed by atoms with E-state index in [-0.39, 0.29) is 5.02 Å². The summed E-state index contributed by atoms with van der Waals surface area (Å²) < 4.78 is 0. The molecule has 0 saturated carbocycles. The predicted octanol–water partition coefficient (Wildman–Crippen LogP) is 4.56. The fourth-order valence-corrected chi connectivity index (χ4v) is 2.22. The van der Waals surface area contributed by atoms with Crippen LogP contribution in [0.15, 0.2) is 4.99 Å². The van der Waals surface area contributed by atoms with Gasteiger partial charge in [-0.3, -0.25) is 4.99 Å². The molecule has 0 aliphatic carbocycles. The van der Waals surface area contributed by atoms with Crippen LogP contribution in [0.25, 0.3) is 0 Å². The van der Waals surface area contributed by atoms with E-state index in [4.69, 9.17) is 46.4 Å². The molecule has 1 heterocycles. The summed E-state index contributed by atoms with van der Waals surface area (Å²) in [6.45, 7) is 0. The molecule has 0 unspecified atom stereocenters. The maximum absolute atomic E-state index is 5.96. The zero-order chi connectivity index (χ0) is 9.59. The van der Waals surface area contributed by atoms with Gasteiger partial charge in [-0.05, 0) is 0 Å². The topological polar surface area (TPSA) is 12.4 Å². The van der Waals surface area contributed by atoms with Crippen molar-refractivity contribution < 1.29 is 0 Å². The largest absolute Gasteiger partial charge is 0.259 e. The Hall–Kier alpha value is 0.0500. The molecular weight excluding hydrogens is 252 g/mol. The van der Waals surface area contributed by atoms with Crippen LogP contribution in [0, 0.1) is 0 Å². The number of hydrogen-bond acceptors (Lipinski definition) is 1. The van der Waals surface area contributed by atoms with Gasteiger partial charge in [0.2, 0.25) is 0 Å². The SMILES string of the molecule is Clc1c(Cl)c(Cl)c2c(c1Cl)CC=N2. The molecule has 13 heavy (non-hydrogen) atoms. The maximum Gasteiger partial charge on any atom is 0.0878 e. The number of aliphatic imine (C=N–C) groups is 1. The highest BCUT2D eigenvalue weighted by Crippen LogP contribution is 2.47. The van der Waals surface area contributed by atoms with E-state index in [1.54, 1.807) is 6.21 Å². The maximum atomic E-state index is 5.96. The first-order valence-corrected chi connectivity index (χ1v) is 5.01. The third-order valence-electron chi connectivity index (χ3n) is 1.85. The Morgan fingerprint density at radius 3 is 2.23 bits per heavy atom. The minimum atomic E-state index is 0.270. The Balaban J connectivity index is 2.82. The van der Waals surface area contributed by atoms with Crippen LogP contribution in [0.5, 0.6) is 0 Å². The number of rotatable bonds is 0. The highest BCUT2D eigenvalue weighted by atomic mass is 35.5. The van der Waals surface area contributed by atoms with Crippen molar-refractivity contribution in [2.75, 3.05) is 0 Å². The smallest absolute Gasteiger partial charge is 0.0878 e. The number of benzene rings is 1. The number of nitrogens with zero attached hydrogens (tertiary/aromatic N) is 1. The molecule has 1 aliphatic heterocycles. The van der Waals surface area contributed by atoms with Gasteiger partial charge in [-0.2, -0.15) is 0 Å². The molecule has 0 radical (unpaired) electrons. The van der Waals surface area contributed by atoms with Gasteiger partial charge in [-0.15, -0.1) is 0 Å². The van der Waals surface area contributed by atoms with E-state index in [2.05, 4.69) is 4.99 Å². The Bertz CT molecular complexity index is 411. The Labute approximate surface area is 95.3 Å². The van der Waals surface area contributed by atoms with Gasteiger partial charge < -0.3 is 0 Å². The predicted molar refractivity (Wildman–Crippen MR) is 58.3 cm³/mol. The molecular formula is C8H3Cl4N. The Morgan fingerprint density at radius 2 is 1.54 bits per heavy atom. The van der Waals surface area contributed by atoms with Gasteiger partial charge in [-0.1, -0.05) is 46.4 Å². The Kier molecular flexibility index (Phi) is 2.45. The highest BCUT2D eigenvalue weighted by molar-refractivity contribution is 6.53. The molecule has 1 aromatic carbocycles. The summed E-state index contributed by atoms with van der Waals surface area (Å²) in [4.78, 5) is 4.08. The highest BCUT2D eigenvalue weighted by Gasteiger charge is 2.21. The molecule has 0 atom stereocenters. The monoisotopic (exact) mass is 253 g/mol. The van der Waals surface area contributed by atoms with Crippen LogP contribution in [0.1, 0.15) is 5.56 Å². The lowest BCUT2D eigenvalue weighted by molar-refractivity contribution is 1.41. The molecule has 0 amide bonds. The Morgan fingerprint density at radius 1 is 0.923 bits per heavy atom. The first kappa shape index (κ1) is 9.60. The quantitative estimate of drug-likeness (QED) is 0.476. The van der Waals surface area contributed by atoms with Crippen LogP contribution in [0.2, 0.25) is 20.1 Å². The minimum Gasteiger partial charge on any atom is -0.259 e. The van der Waals surface area contributed by atoms with Crippen molar-refractivity contribution in [3.8, 4) is 0 Å². The van der Waals surface area contributed by atoms with Crippen LogP contribution < -0.4 is 0 Å². The molecule has 1 nitrogen and oxygen atoms in total. The second-order valence-electron chi connectivity index (χ2n) is 2.60. The van der Waals surface area contributed by atoms with Crippen LogP contribution in [0.4, 0.5) is 5.69 Å². The number of hydrogen-bond donors (Lipinski definition) is 0. The standard InChI is InChI=1S/C8H3Cl4N/c9-4-3-1-2-13-8(3)7(12)6(11)5(4)10/h2H,1H2. The summed E-state index contributed by atoms with van der Waals surface area (Å²) in [5, 5.41) is 1.40. The van der Waals surface area contributed by atoms with Crippen molar-refractivity contribution >= 4 is 58.3 Å². The van der Waals surface area contributed by atoms with E-state index in [0.29, 0.717) is 27.2 Å². The van der Waals surface area contributed by atoms with E-state index in [1.165, 1.54) is 0 Å². The molecule has 0 aromatic heterocycles. The van der Waals surface area contributed by atoms with Gasteiger partial charge in [0.1, 0.15) is 0 Å². The number of fused-ring (bicyclic) bond motifs is 1. The van der Waals surface area contributed by atoms with Crippen LogP contribution >= 0.6 is 46.4 Å². The molecule has 0 spiro atoms. The van der Waals surface area contributed by atoms with E-state index in [1.807, 2.05) is 0 Å². The third kappa shape index (κ3) is 1.35. The van der Waals surface area contributed by atoms with E-state index >= 15 is 0 Å². The summed E-state index contributed by atoms with van der Waals surface area (Å²) in [6.07, 6.45) is 2.39. The fraction of sp³-hybridized carbons (Fsp3) is 0.125. The zero-order valence-corrected chi connectivity index (χ0v) is 9.27. The van der Waals surface area contributed by atoms with Gasteiger partial charge in [0.25, 0.3) is 0 Å². The zero-order valence-electron chi connectivity index (χ0n) is 6.24. The van der Waals surface area contributed by atoms with Crippen molar-refractivity contribution in [2.24, 2.45) is 4.99 Å². The normalized spacial score (nSPS) is 13.5. The molecule has 1 aromatic rings. The second-order valence-corrected chi connectivity index (χ2v) is 4.11. The molecule has 1 aliphatic rings.